The molecule has 0 aromatic heterocycles. The van der Waals surface area contributed by atoms with Crippen LogP contribution in [-0.4, -0.2) is 0 Å². The zero-order valence-electron chi connectivity index (χ0n) is 2.22. The van der Waals surface area contributed by atoms with Gasteiger partial charge in [0.15, 0.2) is 0 Å². The quantitative estimate of drug-likeness (QED) is 0.540. The van der Waals surface area contributed by atoms with Crippen molar-refractivity contribution in [2.75, 3.05) is 0 Å². The van der Waals surface area contributed by atoms with Gasteiger partial charge in [-0.25, -0.2) is 0 Å². The van der Waals surface area contributed by atoms with Gasteiger partial charge < -0.3 is 16.4 Å². The van der Waals surface area contributed by atoms with Crippen molar-refractivity contribution in [2.45, 2.75) is 0 Å². The van der Waals surface area contributed by atoms with Crippen molar-refractivity contribution in [1.29, 1.82) is 0 Å². The number of hydrogen-bond donors (Lipinski definition) is 0. The van der Waals surface area contributed by atoms with Crippen LogP contribution in [0, 0.1) is 0 Å². The summed E-state index contributed by atoms with van der Waals surface area (Å²) >= 11 is 0. The van der Waals surface area contributed by atoms with Crippen molar-refractivity contribution in [1.82, 2.24) is 0 Å². The van der Waals surface area contributed by atoms with Crippen molar-refractivity contribution < 1.29 is 64.0 Å². The van der Waals surface area contributed by atoms with Crippen LogP contribution in [0.5, 0.6) is 0 Å². The van der Waals surface area contributed by atoms with Crippen LogP contribution in [0.4, 0.5) is 0 Å². The van der Waals surface area contributed by atoms with E-state index >= 15 is 0 Å². The molecule has 0 saturated carbocycles. The van der Waals surface area contributed by atoms with Gasteiger partial charge in [-0.1, -0.05) is 0 Å². The summed E-state index contributed by atoms with van der Waals surface area (Å²) in [7, 11) is 0. The SMILES string of the molecule is [Hf+4].[O-2].[O-2].[O-2].[Ti+4]. The first kappa shape index (κ1) is 90.0. The standard InChI is InChI=1S/Hf.3O.Ti/q+4;3*-2;+4. The van der Waals surface area contributed by atoms with Crippen LogP contribution in [0.2, 0.25) is 0 Å². The van der Waals surface area contributed by atoms with Crippen LogP contribution in [0.1, 0.15) is 0 Å². The van der Waals surface area contributed by atoms with Crippen LogP contribution in [0.3, 0.4) is 0 Å². The molecule has 0 bridgehead atoms. The minimum atomic E-state index is 0. The van der Waals surface area contributed by atoms with Gasteiger partial charge >= 0.3 is 47.6 Å². The van der Waals surface area contributed by atoms with E-state index in [2.05, 4.69) is 0 Å². The summed E-state index contributed by atoms with van der Waals surface area (Å²) in [6.45, 7) is 0. The van der Waals surface area contributed by atoms with E-state index in [4.69, 9.17) is 0 Å². The number of rotatable bonds is 0. The molecule has 3 nitrogen and oxygen atoms in total. The van der Waals surface area contributed by atoms with E-state index in [0.717, 1.165) is 0 Å². The molecule has 0 saturated heterocycles. The first-order valence-electron chi connectivity index (χ1n) is 0. The molecule has 0 radical (unpaired) electrons. The van der Waals surface area contributed by atoms with Gasteiger partial charge in [-0.3, -0.25) is 0 Å². The summed E-state index contributed by atoms with van der Waals surface area (Å²) in [5, 5.41) is 0. The van der Waals surface area contributed by atoms with Crippen LogP contribution in [0.25, 0.3) is 0 Å². The Hall–Kier alpha value is 1.46. The van der Waals surface area contributed by atoms with E-state index in [-0.39, 0.29) is 64.0 Å². The Bertz CT molecular complexity index is 6.85. The fourth-order valence-electron chi connectivity index (χ4n) is 0. The first-order valence-corrected chi connectivity index (χ1v) is 0. The predicted octanol–water partition coefficient (Wildman–Crippen LogP) is -0.361. The third kappa shape index (κ3) is 30.6. The monoisotopic (exact) mass is 276 g/mol. The second-order valence-electron chi connectivity index (χ2n) is 0. The molecular weight excluding hydrogens is 274 g/mol. The van der Waals surface area contributed by atoms with Crippen LogP contribution in [0.15, 0.2) is 0 Å². The van der Waals surface area contributed by atoms with E-state index in [0.29, 0.717) is 0 Å². The van der Waals surface area contributed by atoms with Gasteiger partial charge in [-0.05, 0) is 0 Å². The molecule has 0 aliphatic heterocycles. The summed E-state index contributed by atoms with van der Waals surface area (Å²) in [6, 6.07) is 0. The molecule has 0 unspecified atom stereocenters. The molecule has 0 aliphatic rings. The molecule has 0 N–H and O–H groups in total. The maximum absolute atomic E-state index is 0. The summed E-state index contributed by atoms with van der Waals surface area (Å²) in [5.41, 5.74) is 0. The van der Waals surface area contributed by atoms with Gasteiger partial charge in [0.2, 0.25) is 0 Å². The average Bonchev–Trinajstić information content (AvgIpc) is 0. The molecule has 0 rings (SSSR count). The van der Waals surface area contributed by atoms with E-state index in [1.807, 2.05) is 0 Å². The van der Waals surface area contributed by atoms with Gasteiger partial charge in [0.05, 0.1) is 0 Å². The predicted molar refractivity (Wildman–Crippen MR) is 2.06 cm³/mol. The maximum atomic E-state index is 0. The molecule has 0 atom stereocenters. The summed E-state index contributed by atoms with van der Waals surface area (Å²) in [5.74, 6) is 0. The Morgan fingerprint density at radius 1 is 0.600 bits per heavy atom. The minimum absolute atomic E-state index is 0. The minimum Gasteiger partial charge on any atom is -2.00 e. The zero-order chi connectivity index (χ0) is 0. The van der Waals surface area contributed by atoms with Gasteiger partial charge in [0, 0.05) is 0 Å². The van der Waals surface area contributed by atoms with E-state index in [1.54, 1.807) is 0 Å². The summed E-state index contributed by atoms with van der Waals surface area (Å²) < 4.78 is 0. The van der Waals surface area contributed by atoms with Crippen LogP contribution >= 0.6 is 0 Å². The van der Waals surface area contributed by atoms with E-state index in [1.165, 1.54) is 0 Å². The fraction of sp³-hybridized carbons (Fsp3) is 0. The molecule has 24 valence electrons. The molecule has 0 spiro atoms. The van der Waals surface area contributed by atoms with Crippen LogP contribution in [-0.2, 0) is 64.0 Å². The fourth-order valence-corrected chi connectivity index (χ4v) is 0. The van der Waals surface area contributed by atoms with Gasteiger partial charge in [0.1, 0.15) is 0 Å². The third-order valence-electron chi connectivity index (χ3n) is 0. The van der Waals surface area contributed by atoms with Gasteiger partial charge in [-0.2, -0.15) is 0 Å². The molecule has 5 heavy (non-hydrogen) atoms. The summed E-state index contributed by atoms with van der Waals surface area (Å²) in [4.78, 5) is 0. The van der Waals surface area contributed by atoms with E-state index in [9.17, 15) is 0 Å². The molecule has 0 aromatic rings. The largest absolute Gasteiger partial charge is 4.00 e. The second kappa shape index (κ2) is 50.8. The molecule has 0 heterocycles. The Labute approximate surface area is 63.7 Å². The maximum Gasteiger partial charge on any atom is 4.00 e. The Kier molecular flexibility index (Phi) is 914. The van der Waals surface area contributed by atoms with Crippen molar-refractivity contribution in [2.24, 2.45) is 0 Å². The van der Waals surface area contributed by atoms with Gasteiger partial charge in [-0.15, -0.1) is 0 Å². The topological polar surface area (TPSA) is 85.5 Å². The molecular formula is HfO3Ti+2. The molecule has 0 amide bonds. The van der Waals surface area contributed by atoms with Crippen molar-refractivity contribution in [3.8, 4) is 0 Å². The van der Waals surface area contributed by atoms with Crippen LogP contribution < -0.4 is 0 Å². The Balaban J connectivity index is 0. The van der Waals surface area contributed by atoms with Crippen molar-refractivity contribution in [3.05, 3.63) is 0 Å². The first-order chi connectivity index (χ1) is 0. The second-order valence-corrected chi connectivity index (χ2v) is 0. The molecule has 0 aliphatic carbocycles. The third-order valence-corrected chi connectivity index (χ3v) is 0. The van der Waals surface area contributed by atoms with E-state index < -0.39 is 0 Å². The smallest absolute Gasteiger partial charge is 2.00 e. The van der Waals surface area contributed by atoms with Gasteiger partial charge in [0.25, 0.3) is 0 Å². The molecule has 0 fully saturated rings. The Morgan fingerprint density at radius 3 is 0.600 bits per heavy atom. The normalized spacial score (nSPS) is 0. The average molecular weight is 274 g/mol. The Morgan fingerprint density at radius 2 is 0.600 bits per heavy atom. The molecule has 5 heteroatoms. The van der Waals surface area contributed by atoms with Crippen molar-refractivity contribution in [3.63, 3.8) is 0 Å². The zero-order valence-corrected chi connectivity index (χ0v) is 7.38. The molecule has 0 aromatic carbocycles. The number of hydrogen-bond acceptors (Lipinski definition) is 0. The van der Waals surface area contributed by atoms with Crippen molar-refractivity contribution >= 4 is 0 Å². The summed E-state index contributed by atoms with van der Waals surface area (Å²) in [6.07, 6.45) is 0.